The van der Waals surface area contributed by atoms with Crippen LogP contribution in [0.4, 0.5) is 0 Å². The van der Waals surface area contributed by atoms with Gasteiger partial charge in [0.2, 0.25) is 5.78 Å². The molecule has 0 aliphatic rings. The van der Waals surface area contributed by atoms with Crippen molar-refractivity contribution in [3.8, 4) is 0 Å². The fourth-order valence-electron chi connectivity index (χ4n) is 1.74. The van der Waals surface area contributed by atoms with Crippen LogP contribution in [-0.4, -0.2) is 31.2 Å². The lowest BCUT2D eigenvalue weighted by molar-refractivity contribution is 0.103. The topological polar surface area (TPSA) is 87.3 Å². The molecule has 6 heteroatoms. The van der Waals surface area contributed by atoms with Crippen LogP contribution in [0.1, 0.15) is 21.7 Å². The number of H-pyrrole nitrogens is 2. The van der Waals surface area contributed by atoms with E-state index in [2.05, 4.69) is 25.4 Å². The van der Waals surface area contributed by atoms with E-state index in [1.165, 1.54) is 12.4 Å². The Morgan fingerprint density at radius 2 is 2.18 bits per heavy atom. The van der Waals surface area contributed by atoms with Gasteiger partial charge in [-0.05, 0) is 19.1 Å². The molecule has 0 fully saturated rings. The Hall–Kier alpha value is -2.50. The number of fused-ring (bicyclic) bond motifs is 1. The molecule has 0 aliphatic heterocycles. The van der Waals surface area contributed by atoms with E-state index in [4.69, 9.17) is 0 Å². The van der Waals surface area contributed by atoms with Gasteiger partial charge in [-0.15, -0.1) is 0 Å². The predicted octanol–water partition coefficient (Wildman–Crippen LogP) is 1.22. The van der Waals surface area contributed by atoms with Gasteiger partial charge in [-0.25, -0.2) is 4.98 Å². The molecule has 0 spiro atoms. The molecule has 0 bridgehead atoms. The predicted molar refractivity (Wildman–Crippen MR) is 60.6 cm³/mol. The van der Waals surface area contributed by atoms with Gasteiger partial charge in [-0.3, -0.25) is 4.79 Å². The molecule has 3 aromatic rings. The Balaban J connectivity index is 2.09. The minimum atomic E-state index is -0.188. The number of pyridine rings is 1. The van der Waals surface area contributed by atoms with Crippen LogP contribution in [0.3, 0.4) is 0 Å². The number of aryl methyl sites for hydroxylation is 1. The second-order valence-electron chi connectivity index (χ2n) is 3.80. The standard InChI is InChI=1S/C11H9N5O/c1-6-2-7-3-8(4-12-11(7)14-6)10(17)9-5-13-16-15-9/h2-5H,1H3,(H,12,14)(H,13,15,16). The van der Waals surface area contributed by atoms with E-state index in [0.717, 1.165) is 16.7 Å². The zero-order valence-electron chi connectivity index (χ0n) is 9.06. The number of aromatic nitrogens is 5. The first-order valence-electron chi connectivity index (χ1n) is 5.10. The highest BCUT2D eigenvalue weighted by molar-refractivity contribution is 6.08. The van der Waals surface area contributed by atoms with Crippen LogP contribution >= 0.6 is 0 Å². The van der Waals surface area contributed by atoms with E-state index < -0.39 is 0 Å². The van der Waals surface area contributed by atoms with E-state index in [9.17, 15) is 4.79 Å². The summed E-state index contributed by atoms with van der Waals surface area (Å²) in [6.07, 6.45) is 2.93. The number of ketones is 1. The van der Waals surface area contributed by atoms with E-state index in [-0.39, 0.29) is 5.78 Å². The molecule has 6 nitrogen and oxygen atoms in total. The highest BCUT2D eigenvalue weighted by Gasteiger charge is 2.13. The maximum Gasteiger partial charge on any atom is 0.216 e. The largest absolute Gasteiger partial charge is 0.344 e. The highest BCUT2D eigenvalue weighted by atomic mass is 16.1. The van der Waals surface area contributed by atoms with Crippen LogP contribution in [0.15, 0.2) is 24.5 Å². The zero-order valence-corrected chi connectivity index (χ0v) is 9.06. The van der Waals surface area contributed by atoms with Gasteiger partial charge in [0, 0.05) is 22.8 Å². The summed E-state index contributed by atoms with van der Waals surface area (Å²) in [4.78, 5) is 19.3. The number of rotatable bonds is 2. The van der Waals surface area contributed by atoms with Crippen molar-refractivity contribution in [3.05, 3.63) is 41.5 Å². The van der Waals surface area contributed by atoms with E-state index in [0.29, 0.717) is 11.3 Å². The first kappa shape index (κ1) is 9.71. The molecule has 3 aromatic heterocycles. The van der Waals surface area contributed by atoms with Crippen molar-refractivity contribution in [1.82, 2.24) is 25.4 Å². The van der Waals surface area contributed by atoms with Gasteiger partial charge in [0.25, 0.3) is 0 Å². The quantitative estimate of drug-likeness (QED) is 0.644. The number of carbonyl (C=O) groups is 1. The van der Waals surface area contributed by atoms with Gasteiger partial charge in [0.1, 0.15) is 5.65 Å². The molecule has 0 unspecified atom stereocenters. The summed E-state index contributed by atoms with van der Waals surface area (Å²) in [6.45, 7) is 1.95. The van der Waals surface area contributed by atoms with Gasteiger partial charge in [-0.2, -0.15) is 15.4 Å². The van der Waals surface area contributed by atoms with Crippen molar-refractivity contribution in [2.75, 3.05) is 0 Å². The maximum atomic E-state index is 12.0. The van der Waals surface area contributed by atoms with Crippen molar-refractivity contribution in [2.24, 2.45) is 0 Å². The summed E-state index contributed by atoms with van der Waals surface area (Å²) < 4.78 is 0. The van der Waals surface area contributed by atoms with Crippen molar-refractivity contribution < 1.29 is 4.79 Å². The Morgan fingerprint density at radius 3 is 2.94 bits per heavy atom. The second kappa shape index (κ2) is 3.51. The number of hydrogen-bond acceptors (Lipinski definition) is 4. The molecule has 0 atom stereocenters. The molecule has 0 aromatic carbocycles. The molecule has 0 aliphatic carbocycles. The highest BCUT2D eigenvalue weighted by Crippen LogP contribution is 2.15. The van der Waals surface area contributed by atoms with E-state index in [1.807, 2.05) is 13.0 Å². The fourth-order valence-corrected chi connectivity index (χ4v) is 1.74. The van der Waals surface area contributed by atoms with Gasteiger partial charge in [-0.1, -0.05) is 0 Å². The molecule has 2 N–H and O–H groups in total. The number of aromatic amines is 2. The normalized spacial score (nSPS) is 10.9. The molecule has 0 radical (unpaired) electrons. The summed E-state index contributed by atoms with van der Waals surface area (Å²) in [5.74, 6) is -0.188. The number of hydrogen-bond donors (Lipinski definition) is 2. The lowest BCUT2D eigenvalue weighted by atomic mass is 10.1. The van der Waals surface area contributed by atoms with Gasteiger partial charge < -0.3 is 4.98 Å². The average molecular weight is 227 g/mol. The van der Waals surface area contributed by atoms with Crippen molar-refractivity contribution in [1.29, 1.82) is 0 Å². The zero-order chi connectivity index (χ0) is 11.8. The monoisotopic (exact) mass is 227 g/mol. The minimum Gasteiger partial charge on any atom is -0.344 e. The Kier molecular flexibility index (Phi) is 2.01. The van der Waals surface area contributed by atoms with E-state index >= 15 is 0 Å². The molecule has 0 saturated carbocycles. The number of nitrogens with one attached hydrogen (secondary N) is 2. The third-order valence-corrected chi connectivity index (χ3v) is 2.51. The molecule has 3 heterocycles. The third-order valence-electron chi connectivity index (χ3n) is 2.51. The van der Waals surface area contributed by atoms with Gasteiger partial charge in [0.15, 0.2) is 5.69 Å². The first-order chi connectivity index (χ1) is 8.24. The van der Waals surface area contributed by atoms with Gasteiger partial charge >= 0.3 is 0 Å². The van der Waals surface area contributed by atoms with E-state index in [1.54, 1.807) is 6.07 Å². The first-order valence-corrected chi connectivity index (χ1v) is 5.10. The maximum absolute atomic E-state index is 12.0. The fraction of sp³-hybridized carbons (Fsp3) is 0.0909. The molecule has 84 valence electrons. The summed E-state index contributed by atoms with van der Waals surface area (Å²) in [5, 5.41) is 10.7. The Labute approximate surface area is 96.1 Å². The number of carbonyl (C=O) groups excluding carboxylic acids is 1. The molecular formula is C11H9N5O. The lowest BCUT2D eigenvalue weighted by Crippen LogP contribution is -2.02. The summed E-state index contributed by atoms with van der Waals surface area (Å²) >= 11 is 0. The smallest absolute Gasteiger partial charge is 0.216 e. The molecular weight excluding hydrogens is 218 g/mol. The van der Waals surface area contributed by atoms with Crippen LogP contribution in [0.5, 0.6) is 0 Å². The van der Waals surface area contributed by atoms with Crippen LogP contribution in [0, 0.1) is 6.92 Å². The minimum absolute atomic E-state index is 0.188. The molecule has 17 heavy (non-hydrogen) atoms. The lowest BCUT2D eigenvalue weighted by Gasteiger charge is -1.96. The third kappa shape index (κ3) is 1.59. The summed E-state index contributed by atoms with van der Waals surface area (Å²) in [5.41, 5.74) is 2.58. The van der Waals surface area contributed by atoms with Crippen LogP contribution in [-0.2, 0) is 0 Å². The summed E-state index contributed by atoms with van der Waals surface area (Å²) in [7, 11) is 0. The number of nitrogens with zero attached hydrogens (tertiary/aromatic N) is 3. The molecule has 3 rings (SSSR count). The molecule has 0 saturated heterocycles. The van der Waals surface area contributed by atoms with Crippen molar-refractivity contribution >= 4 is 16.8 Å². The SMILES string of the molecule is Cc1cc2cc(C(=O)c3cn[nH]n3)cnc2[nH]1. The Morgan fingerprint density at radius 1 is 1.29 bits per heavy atom. The second-order valence-corrected chi connectivity index (χ2v) is 3.80. The van der Waals surface area contributed by atoms with Gasteiger partial charge in [0.05, 0.1) is 6.20 Å². The molecule has 0 amide bonds. The van der Waals surface area contributed by atoms with Crippen LogP contribution in [0.25, 0.3) is 11.0 Å². The average Bonchev–Trinajstić information content (AvgIpc) is 2.94. The van der Waals surface area contributed by atoms with Crippen LogP contribution in [0.2, 0.25) is 0 Å². The van der Waals surface area contributed by atoms with Crippen molar-refractivity contribution in [2.45, 2.75) is 6.92 Å². The van der Waals surface area contributed by atoms with Crippen LogP contribution < -0.4 is 0 Å². The Bertz CT molecular complexity index is 683. The van der Waals surface area contributed by atoms with Crippen molar-refractivity contribution in [3.63, 3.8) is 0 Å². The summed E-state index contributed by atoms with van der Waals surface area (Å²) in [6, 6.07) is 3.74.